The highest BCUT2D eigenvalue weighted by molar-refractivity contribution is 6.01. The zero-order valence-electron chi connectivity index (χ0n) is 11.0. The molecule has 2 rings (SSSR count). The quantitative estimate of drug-likeness (QED) is 0.717. The summed E-state index contributed by atoms with van der Waals surface area (Å²) in [6.45, 7) is 4.52. The first-order valence-electron chi connectivity index (χ1n) is 6.34. The van der Waals surface area contributed by atoms with Crippen molar-refractivity contribution < 1.29 is 4.79 Å². The van der Waals surface area contributed by atoms with E-state index in [2.05, 4.69) is 19.2 Å². The summed E-state index contributed by atoms with van der Waals surface area (Å²) in [5.41, 5.74) is 13.4. The minimum atomic E-state index is -0.443. The SMILES string of the molecule is CC1(C)CCC(Nc2c(N)cccc2C(N)=O)C1. The van der Waals surface area contributed by atoms with E-state index < -0.39 is 5.91 Å². The number of amides is 1. The molecule has 98 valence electrons. The number of rotatable bonds is 3. The molecule has 0 radical (unpaired) electrons. The third-order valence-corrected chi connectivity index (χ3v) is 3.68. The molecule has 18 heavy (non-hydrogen) atoms. The maximum atomic E-state index is 11.4. The van der Waals surface area contributed by atoms with Crippen LogP contribution in [0, 0.1) is 5.41 Å². The van der Waals surface area contributed by atoms with Crippen LogP contribution in [0.5, 0.6) is 0 Å². The van der Waals surface area contributed by atoms with Gasteiger partial charge in [-0.2, -0.15) is 0 Å². The molecule has 0 saturated heterocycles. The molecule has 0 bridgehead atoms. The molecule has 0 aliphatic heterocycles. The Kier molecular flexibility index (Phi) is 3.20. The van der Waals surface area contributed by atoms with Crippen molar-refractivity contribution >= 4 is 17.3 Å². The van der Waals surface area contributed by atoms with Gasteiger partial charge >= 0.3 is 0 Å². The maximum absolute atomic E-state index is 11.4. The Labute approximate surface area is 108 Å². The Morgan fingerprint density at radius 2 is 2.17 bits per heavy atom. The van der Waals surface area contributed by atoms with E-state index in [1.807, 2.05) is 0 Å². The molecule has 5 N–H and O–H groups in total. The molecular formula is C14H21N3O. The zero-order chi connectivity index (χ0) is 13.3. The van der Waals surface area contributed by atoms with Crippen LogP contribution in [0.3, 0.4) is 0 Å². The number of carbonyl (C=O) groups excluding carboxylic acids is 1. The molecule has 1 aromatic rings. The highest BCUT2D eigenvalue weighted by Gasteiger charge is 2.31. The van der Waals surface area contributed by atoms with E-state index in [1.54, 1.807) is 18.2 Å². The summed E-state index contributed by atoms with van der Waals surface area (Å²) in [7, 11) is 0. The lowest BCUT2D eigenvalue weighted by Gasteiger charge is -2.20. The third kappa shape index (κ3) is 2.58. The summed E-state index contributed by atoms with van der Waals surface area (Å²) in [5, 5.41) is 3.39. The number of nitrogens with one attached hydrogen (secondary N) is 1. The standard InChI is InChI=1S/C14H21N3O/c1-14(2)7-6-9(8-14)17-12-10(13(16)18)4-3-5-11(12)15/h3-5,9,17H,6-8,15H2,1-2H3,(H2,16,18). The summed E-state index contributed by atoms with van der Waals surface area (Å²) in [6, 6.07) is 5.61. The Morgan fingerprint density at radius 1 is 1.44 bits per heavy atom. The predicted molar refractivity (Wildman–Crippen MR) is 74.4 cm³/mol. The van der Waals surface area contributed by atoms with Gasteiger partial charge in [0, 0.05) is 6.04 Å². The second kappa shape index (κ2) is 4.52. The smallest absolute Gasteiger partial charge is 0.250 e. The second-order valence-corrected chi connectivity index (χ2v) is 5.88. The van der Waals surface area contributed by atoms with Gasteiger partial charge in [0.1, 0.15) is 0 Å². The molecule has 0 spiro atoms. The van der Waals surface area contributed by atoms with Crippen molar-refractivity contribution in [3.63, 3.8) is 0 Å². The number of hydrogen-bond acceptors (Lipinski definition) is 3. The van der Waals surface area contributed by atoms with Crippen LogP contribution in [-0.4, -0.2) is 11.9 Å². The minimum Gasteiger partial charge on any atom is -0.397 e. The summed E-state index contributed by atoms with van der Waals surface area (Å²) in [4.78, 5) is 11.4. The van der Waals surface area contributed by atoms with Gasteiger partial charge in [0.15, 0.2) is 0 Å². The van der Waals surface area contributed by atoms with Crippen LogP contribution in [0.2, 0.25) is 0 Å². The topological polar surface area (TPSA) is 81.1 Å². The Balaban J connectivity index is 2.21. The van der Waals surface area contributed by atoms with Gasteiger partial charge in [-0.3, -0.25) is 4.79 Å². The molecule has 1 aliphatic carbocycles. The van der Waals surface area contributed by atoms with Crippen molar-refractivity contribution in [1.82, 2.24) is 0 Å². The molecule has 4 nitrogen and oxygen atoms in total. The lowest BCUT2D eigenvalue weighted by atomic mass is 9.92. The van der Waals surface area contributed by atoms with Crippen molar-refractivity contribution in [2.75, 3.05) is 11.1 Å². The largest absolute Gasteiger partial charge is 0.397 e. The van der Waals surface area contributed by atoms with Gasteiger partial charge in [-0.25, -0.2) is 0 Å². The van der Waals surface area contributed by atoms with Gasteiger partial charge in [-0.15, -0.1) is 0 Å². The van der Waals surface area contributed by atoms with Gasteiger partial charge in [-0.05, 0) is 36.8 Å². The number of hydrogen-bond donors (Lipinski definition) is 3. The van der Waals surface area contributed by atoms with Crippen molar-refractivity contribution in [2.45, 2.75) is 39.2 Å². The molecular weight excluding hydrogens is 226 g/mol. The normalized spacial score (nSPS) is 21.8. The number of carbonyl (C=O) groups is 1. The van der Waals surface area contributed by atoms with Crippen LogP contribution in [0.4, 0.5) is 11.4 Å². The predicted octanol–water partition coefficient (Wildman–Crippen LogP) is 2.36. The van der Waals surface area contributed by atoms with Crippen LogP contribution in [-0.2, 0) is 0 Å². The molecule has 1 aromatic carbocycles. The highest BCUT2D eigenvalue weighted by Crippen LogP contribution is 2.39. The molecule has 1 fully saturated rings. The average molecular weight is 247 g/mol. The number of nitrogens with two attached hydrogens (primary N) is 2. The van der Waals surface area contributed by atoms with Crippen LogP contribution >= 0.6 is 0 Å². The van der Waals surface area contributed by atoms with E-state index in [1.165, 1.54) is 6.42 Å². The van der Waals surface area contributed by atoms with Crippen LogP contribution in [0.25, 0.3) is 0 Å². The first-order valence-corrected chi connectivity index (χ1v) is 6.34. The van der Waals surface area contributed by atoms with E-state index in [4.69, 9.17) is 11.5 Å². The van der Waals surface area contributed by atoms with E-state index in [0.717, 1.165) is 12.8 Å². The molecule has 0 heterocycles. The van der Waals surface area contributed by atoms with E-state index >= 15 is 0 Å². The molecule has 1 atom stereocenters. The summed E-state index contributed by atoms with van der Waals surface area (Å²) in [6.07, 6.45) is 3.36. The Hall–Kier alpha value is -1.71. The first kappa shape index (κ1) is 12.7. The molecule has 1 unspecified atom stereocenters. The monoisotopic (exact) mass is 247 g/mol. The zero-order valence-corrected chi connectivity index (χ0v) is 11.0. The maximum Gasteiger partial charge on any atom is 0.250 e. The van der Waals surface area contributed by atoms with Crippen molar-refractivity contribution in [3.8, 4) is 0 Å². The van der Waals surface area contributed by atoms with Crippen molar-refractivity contribution in [2.24, 2.45) is 11.1 Å². The van der Waals surface area contributed by atoms with Gasteiger partial charge in [0.2, 0.25) is 0 Å². The Morgan fingerprint density at radius 3 is 2.72 bits per heavy atom. The number of primary amides is 1. The number of nitrogen functional groups attached to an aromatic ring is 1. The van der Waals surface area contributed by atoms with E-state index in [0.29, 0.717) is 28.4 Å². The van der Waals surface area contributed by atoms with Gasteiger partial charge in [-0.1, -0.05) is 19.9 Å². The van der Waals surface area contributed by atoms with Gasteiger partial charge in [0.05, 0.1) is 16.9 Å². The van der Waals surface area contributed by atoms with E-state index in [-0.39, 0.29) is 0 Å². The second-order valence-electron chi connectivity index (χ2n) is 5.88. The minimum absolute atomic E-state index is 0.355. The summed E-state index contributed by atoms with van der Waals surface area (Å²) < 4.78 is 0. The van der Waals surface area contributed by atoms with Crippen LogP contribution < -0.4 is 16.8 Å². The average Bonchev–Trinajstić information content (AvgIpc) is 2.61. The fraction of sp³-hybridized carbons (Fsp3) is 0.500. The number of para-hydroxylation sites is 1. The fourth-order valence-electron chi connectivity index (χ4n) is 2.70. The summed E-state index contributed by atoms with van der Waals surface area (Å²) in [5.74, 6) is -0.443. The van der Waals surface area contributed by atoms with Crippen LogP contribution in [0.15, 0.2) is 18.2 Å². The molecule has 1 saturated carbocycles. The lowest BCUT2D eigenvalue weighted by Crippen LogP contribution is -2.22. The molecule has 1 amide bonds. The van der Waals surface area contributed by atoms with E-state index in [9.17, 15) is 4.79 Å². The molecule has 4 heteroatoms. The molecule has 1 aliphatic rings. The number of benzene rings is 1. The third-order valence-electron chi connectivity index (χ3n) is 3.68. The first-order chi connectivity index (χ1) is 8.39. The van der Waals surface area contributed by atoms with Crippen LogP contribution in [0.1, 0.15) is 43.5 Å². The summed E-state index contributed by atoms with van der Waals surface area (Å²) >= 11 is 0. The molecule has 0 aromatic heterocycles. The highest BCUT2D eigenvalue weighted by atomic mass is 16.1. The number of anilines is 2. The van der Waals surface area contributed by atoms with Crippen molar-refractivity contribution in [3.05, 3.63) is 23.8 Å². The van der Waals surface area contributed by atoms with Gasteiger partial charge < -0.3 is 16.8 Å². The van der Waals surface area contributed by atoms with Gasteiger partial charge in [0.25, 0.3) is 5.91 Å². The fourth-order valence-corrected chi connectivity index (χ4v) is 2.70. The van der Waals surface area contributed by atoms with Crippen molar-refractivity contribution in [1.29, 1.82) is 0 Å². The Bertz CT molecular complexity index is 468. The lowest BCUT2D eigenvalue weighted by molar-refractivity contribution is 0.100.